The summed E-state index contributed by atoms with van der Waals surface area (Å²) < 4.78 is 7.61. The minimum Gasteiger partial charge on any atom is -0.456 e. The molecule has 11 rings (SSSR count). The van der Waals surface area contributed by atoms with Crippen LogP contribution in [0.25, 0.3) is 109 Å². The number of fused-ring (bicyclic) bond motifs is 8. The highest BCUT2D eigenvalue weighted by Gasteiger charge is 2.20. The van der Waals surface area contributed by atoms with Crippen LogP contribution in [0.15, 0.2) is 162 Å². The lowest BCUT2D eigenvalue weighted by molar-refractivity contribution is 0.669. The van der Waals surface area contributed by atoms with Crippen LogP contribution in [0, 0.1) is 0 Å². The van der Waals surface area contributed by atoms with E-state index >= 15 is 0 Å². The monoisotopic (exact) mass is 682 g/mol. The van der Waals surface area contributed by atoms with Crippen molar-refractivity contribution in [1.82, 2.24) is 19.9 Å². The Balaban J connectivity index is 1.18. The molecule has 52 heavy (non-hydrogen) atoms. The van der Waals surface area contributed by atoms with Crippen molar-refractivity contribution >= 4 is 75.8 Å². The molecule has 0 unspecified atom stereocenters. The molecule has 8 aromatic carbocycles. The molecule has 0 atom stereocenters. The maximum absolute atomic E-state index is 6.53. The molecule has 0 aliphatic heterocycles. The summed E-state index contributed by atoms with van der Waals surface area (Å²) in [6.07, 6.45) is 0. The molecule has 5 nitrogen and oxygen atoms in total. The van der Waals surface area contributed by atoms with Crippen molar-refractivity contribution in [3.8, 4) is 44.7 Å². The van der Waals surface area contributed by atoms with Crippen molar-refractivity contribution in [1.29, 1.82) is 0 Å². The molecular formula is C46H26N4OS. The van der Waals surface area contributed by atoms with Gasteiger partial charge in [0.15, 0.2) is 17.5 Å². The summed E-state index contributed by atoms with van der Waals surface area (Å²) in [7, 11) is 0. The first-order chi connectivity index (χ1) is 25.7. The molecule has 242 valence electrons. The lowest BCUT2D eigenvalue weighted by Crippen LogP contribution is -2.01. The van der Waals surface area contributed by atoms with Gasteiger partial charge in [-0.2, -0.15) is 0 Å². The zero-order valence-electron chi connectivity index (χ0n) is 27.6. The third-order valence-electron chi connectivity index (χ3n) is 9.92. The molecule has 0 bridgehead atoms. The fraction of sp³-hybridized carbons (Fsp3) is 0. The number of hydrogen-bond donors (Lipinski definition) is 0. The SMILES string of the molecule is c1ccc(-c2nc3cc4c(cc3s2)oc2cccc(-c3nc(-c5ccc6ccccc6c5)nc(-c5cc6ccccc6c6ccccc56)n3)c24)cc1. The van der Waals surface area contributed by atoms with Gasteiger partial charge in [0.25, 0.3) is 0 Å². The third kappa shape index (κ3) is 4.62. The fourth-order valence-corrected chi connectivity index (χ4v) is 8.43. The Bertz CT molecular complexity index is 3200. The first-order valence-electron chi connectivity index (χ1n) is 17.2. The van der Waals surface area contributed by atoms with Crippen molar-refractivity contribution in [3.63, 3.8) is 0 Å². The summed E-state index contributed by atoms with van der Waals surface area (Å²) >= 11 is 1.67. The van der Waals surface area contributed by atoms with Gasteiger partial charge in [0.2, 0.25) is 0 Å². The average Bonchev–Trinajstić information content (AvgIpc) is 3.80. The molecular weight excluding hydrogens is 657 g/mol. The molecule has 3 aromatic heterocycles. The number of benzene rings is 8. The second-order valence-corrected chi connectivity index (χ2v) is 14.1. The largest absolute Gasteiger partial charge is 0.456 e. The van der Waals surface area contributed by atoms with E-state index in [1.165, 1.54) is 10.8 Å². The Hall–Kier alpha value is -6.76. The average molecular weight is 683 g/mol. The number of furan rings is 1. The maximum atomic E-state index is 6.53. The van der Waals surface area contributed by atoms with Crippen LogP contribution in [0.3, 0.4) is 0 Å². The van der Waals surface area contributed by atoms with Crippen molar-refractivity contribution in [2.24, 2.45) is 0 Å². The Kier molecular flexibility index (Phi) is 6.35. The van der Waals surface area contributed by atoms with Crippen LogP contribution in [0.5, 0.6) is 0 Å². The van der Waals surface area contributed by atoms with Gasteiger partial charge in [0.1, 0.15) is 16.2 Å². The van der Waals surface area contributed by atoms with E-state index in [1.807, 2.05) is 30.3 Å². The maximum Gasteiger partial charge on any atom is 0.164 e. The zero-order valence-corrected chi connectivity index (χ0v) is 28.4. The molecule has 3 heterocycles. The highest BCUT2D eigenvalue weighted by molar-refractivity contribution is 7.21. The second kappa shape index (κ2) is 11.4. The van der Waals surface area contributed by atoms with E-state index in [4.69, 9.17) is 24.4 Å². The van der Waals surface area contributed by atoms with Gasteiger partial charge in [-0.3, -0.25) is 0 Å². The normalized spacial score (nSPS) is 11.8. The molecule has 0 amide bonds. The predicted molar refractivity (Wildman–Crippen MR) is 215 cm³/mol. The van der Waals surface area contributed by atoms with Crippen LogP contribution in [0.2, 0.25) is 0 Å². The highest BCUT2D eigenvalue weighted by Crippen LogP contribution is 2.41. The van der Waals surface area contributed by atoms with Crippen LogP contribution in [0.4, 0.5) is 0 Å². The standard InChI is InChI=1S/C46H26N4OS/c1-2-12-28(13-3-1)46-47-38-25-37-40(26-41(38)52-46)51-39-20-10-19-35(42(37)39)44-48-43(31-22-21-27-11-4-5-14-29(27)23-31)49-45(50-44)36-24-30-15-6-7-16-32(30)33-17-8-9-18-34(33)36/h1-26H. The smallest absolute Gasteiger partial charge is 0.164 e. The predicted octanol–water partition coefficient (Wildman–Crippen LogP) is 12.5. The summed E-state index contributed by atoms with van der Waals surface area (Å²) in [6.45, 7) is 0. The van der Waals surface area contributed by atoms with Gasteiger partial charge in [-0.25, -0.2) is 19.9 Å². The molecule has 0 spiro atoms. The first kappa shape index (κ1) is 29.0. The molecule has 0 fully saturated rings. The van der Waals surface area contributed by atoms with Gasteiger partial charge in [0, 0.05) is 39.1 Å². The molecule has 11 aromatic rings. The van der Waals surface area contributed by atoms with Crippen molar-refractivity contribution in [2.45, 2.75) is 0 Å². The van der Waals surface area contributed by atoms with Crippen LogP contribution in [-0.2, 0) is 0 Å². The van der Waals surface area contributed by atoms with Crippen LogP contribution in [0.1, 0.15) is 0 Å². The van der Waals surface area contributed by atoms with E-state index < -0.39 is 0 Å². The summed E-state index contributed by atoms with van der Waals surface area (Å²) in [5.41, 5.74) is 6.39. The van der Waals surface area contributed by atoms with E-state index in [-0.39, 0.29) is 0 Å². The van der Waals surface area contributed by atoms with Gasteiger partial charge in [-0.15, -0.1) is 11.3 Å². The van der Waals surface area contributed by atoms with Crippen molar-refractivity contribution in [2.75, 3.05) is 0 Å². The van der Waals surface area contributed by atoms with Gasteiger partial charge in [0.05, 0.1) is 10.2 Å². The third-order valence-corrected chi connectivity index (χ3v) is 11.0. The minimum atomic E-state index is 0.585. The number of nitrogens with zero attached hydrogens (tertiary/aromatic N) is 4. The lowest BCUT2D eigenvalue weighted by Gasteiger charge is -2.13. The molecule has 0 radical (unpaired) electrons. The summed E-state index contributed by atoms with van der Waals surface area (Å²) in [4.78, 5) is 20.8. The van der Waals surface area contributed by atoms with E-state index in [1.54, 1.807) is 11.3 Å². The zero-order chi connectivity index (χ0) is 34.2. The number of thiazole rings is 1. The van der Waals surface area contributed by atoms with Gasteiger partial charge in [-0.05, 0) is 56.6 Å². The van der Waals surface area contributed by atoms with Crippen molar-refractivity contribution in [3.05, 3.63) is 158 Å². The second-order valence-electron chi connectivity index (χ2n) is 13.0. The molecule has 0 aliphatic carbocycles. The Labute approximate surface area is 301 Å². The number of rotatable bonds is 4. The van der Waals surface area contributed by atoms with E-state index in [0.29, 0.717) is 17.5 Å². The number of hydrogen-bond acceptors (Lipinski definition) is 6. The quantitative estimate of drug-likeness (QED) is 0.173. The lowest BCUT2D eigenvalue weighted by atomic mass is 9.96. The molecule has 0 aliphatic rings. The summed E-state index contributed by atoms with van der Waals surface area (Å²) in [5.74, 6) is 1.82. The van der Waals surface area contributed by atoms with Gasteiger partial charge >= 0.3 is 0 Å². The summed E-state index contributed by atoms with van der Waals surface area (Å²) in [6, 6.07) is 54.6. The summed E-state index contributed by atoms with van der Waals surface area (Å²) in [5, 5.41) is 9.80. The topological polar surface area (TPSA) is 64.7 Å². The Morgan fingerprint density at radius 3 is 1.98 bits per heavy atom. The van der Waals surface area contributed by atoms with Crippen LogP contribution in [-0.4, -0.2) is 19.9 Å². The first-order valence-corrected chi connectivity index (χ1v) is 18.0. The fourth-order valence-electron chi connectivity index (χ4n) is 7.45. The van der Waals surface area contributed by atoms with E-state index in [9.17, 15) is 0 Å². The molecule has 6 heteroatoms. The van der Waals surface area contributed by atoms with Crippen LogP contribution < -0.4 is 0 Å². The van der Waals surface area contributed by atoms with E-state index in [0.717, 1.165) is 81.0 Å². The van der Waals surface area contributed by atoms with Crippen molar-refractivity contribution < 1.29 is 4.42 Å². The Morgan fingerprint density at radius 1 is 0.404 bits per heavy atom. The minimum absolute atomic E-state index is 0.585. The van der Waals surface area contributed by atoms with Gasteiger partial charge in [-0.1, -0.05) is 127 Å². The molecule has 0 N–H and O–H groups in total. The Morgan fingerprint density at radius 2 is 1.12 bits per heavy atom. The van der Waals surface area contributed by atoms with Crippen LogP contribution >= 0.6 is 11.3 Å². The highest BCUT2D eigenvalue weighted by atomic mass is 32.1. The molecule has 0 saturated heterocycles. The number of aromatic nitrogens is 4. The van der Waals surface area contributed by atoms with Gasteiger partial charge < -0.3 is 4.42 Å². The van der Waals surface area contributed by atoms with E-state index in [2.05, 4.69) is 127 Å². The molecule has 0 saturated carbocycles.